The number of nitrogens with one attached hydrogen (secondary N) is 1. The van der Waals surface area contributed by atoms with Crippen molar-refractivity contribution in [3.63, 3.8) is 0 Å². The molecule has 1 N–H and O–H groups in total. The van der Waals surface area contributed by atoms with E-state index in [4.69, 9.17) is 0 Å². The van der Waals surface area contributed by atoms with Crippen LogP contribution in [0.1, 0.15) is 5.82 Å². The lowest BCUT2D eigenvalue weighted by atomic mass is 10.3. The van der Waals surface area contributed by atoms with Crippen molar-refractivity contribution in [2.24, 2.45) is 0 Å². The van der Waals surface area contributed by atoms with Crippen molar-refractivity contribution in [3.05, 3.63) is 66.0 Å². The minimum absolute atomic E-state index is 0.153. The van der Waals surface area contributed by atoms with Crippen LogP contribution in [0, 0.1) is 11.6 Å². The molecule has 0 radical (unpaired) electrons. The van der Waals surface area contributed by atoms with Crippen LogP contribution < -0.4 is 4.72 Å². The molecule has 0 saturated heterocycles. The zero-order valence-corrected chi connectivity index (χ0v) is 12.9. The van der Waals surface area contributed by atoms with Gasteiger partial charge in [0.15, 0.2) is 5.82 Å². The summed E-state index contributed by atoms with van der Waals surface area (Å²) in [7, 11) is -3.94. The van der Waals surface area contributed by atoms with Gasteiger partial charge in [0, 0.05) is 0 Å². The summed E-state index contributed by atoms with van der Waals surface area (Å²) in [6.07, 6.45) is 0. The number of tetrazole rings is 1. The lowest BCUT2D eigenvalue weighted by Gasteiger charge is -2.07. The molecule has 0 aliphatic rings. The van der Waals surface area contributed by atoms with Crippen LogP contribution in [-0.4, -0.2) is 28.6 Å². The predicted molar refractivity (Wildman–Crippen MR) is 79.5 cm³/mol. The summed E-state index contributed by atoms with van der Waals surface area (Å²) in [5.74, 6) is -0.989. The molecule has 1 aromatic heterocycles. The maximum absolute atomic E-state index is 13.3. The molecule has 0 unspecified atom stereocenters. The summed E-state index contributed by atoms with van der Waals surface area (Å²) in [5, 5.41) is 10.9. The monoisotopic (exact) mass is 351 g/mol. The van der Waals surface area contributed by atoms with Gasteiger partial charge in [-0.2, -0.15) is 4.68 Å². The quantitative estimate of drug-likeness (QED) is 0.751. The van der Waals surface area contributed by atoms with Crippen molar-refractivity contribution < 1.29 is 17.2 Å². The van der Waals surface area contributed by atoms with Gasteiger partial charge >= 0.3 is 0 Å². The number of sulfonamides is 1. The van der Waals surface area contributed by atoms with Gasteiger partial charge in [0.05, 0.1) is 17.1 Å². The van der Waals surface area contributed by atoms with Crippen molar-refractivity contribution in [1.29, 1.82) is 0 Å². The van der Waals surface area contributed by atoms with Crippen molar-refractivity contribution in [2.45, 2.75) is 11.4 Å². The Kier molecular flexibility index (Phi) is 4.32. The van der Waals surface area contributed by atoms with Crippen LogP contribution in [0.15, 0.2) is 53.4 Å². The van der Waals surface area contributed by atoms with Crippen LogP contribution in [0.4, 0.5) is 8.78 Å². The fourth-order valence-electron chi connectivity index (χ4n) is 2.00. The largest absolute Gasteiger partial charge is 0.241 e. The van der Waals surface area contributed by atoms with Gasteiger partial charge in [-0.3, -0.25) is 0 Å². The van der Waals surface area contributed by atoms with E-state index in [0.717, 1.165) is 12.1 Å². The molecular formula is C14H11F2N5O2S. The van der Waals surface area contributed by atoms with E-state index in [9.17, 15) is 17.2 Å². The Bertz CT molecular complexity index is 975. The summed E-state index contributed by atoms with van der Waals surface area (Å²) in [4.78, 5) is -0.215. The lowest BCUT2D eigenvalue weighted by Crippen LogP contribution is -2.25. The van der Waals surface area contributed by atoms with Gasteiger partial charge in [0.25, 0.3) is 0 Å². The van der Waals surface area contributed by atoms with Gasteiger partial charge in [-0.05, 0) is 46.8 Å². The Morgan fingerprint density at radius 2 is 1.75 bits per heavy atom. The van der Waals surface area contributed by atoms with E-state index in [-0.39, 0.29) is 17.3 Å². The standard InChI is InChI=1S/C14H11F2N5O2S/c15-10-3-1-5-12(7-10)21-14(18-19-20-21)9-17-24(22,23)13-6-2-4-11(16)8-13/h1-8,17H,9H2. The maximum Gasteiger partial charge on any atom is 0.241 e. The first-order chi connectivity index (χ1) is 11.5. The minimum Gasteiger partial charge on any atom is -0.207 e. The molecule has 0 aliphatic carbocycles. The minimum atomic E-state index is -3.94. The fourth-order valence-corrected chi connectivity index (χ4v) is 3.01. The van der Waals surface area contributed by atoms with Crippen molar-refractivity contribution in [3.8, 4) is 5.69 Å². The normalized spacial score (nSPS) is 11.6. The van der Waals surface area contributed by atoms with E-state index in [0.29, 0.717) is 5.69 Å². The van der Waals surface area contributed by atoms with Crippen LogP contribution in [-0.2, 0) is 16.6 Å². The zero-order chi connectivity index (χ0) is 17.2. The second-order valence-corrected chi connectivity index (χ2v) is 6.54. The van der Waals surface area contributed by atoms with E-state index < -0.39 is 21.7 Å². The molecule has 3 aromatic rings. The lowest BCUT2D eigenvalue weighted by molar-refractivity contribution is 0.574. The van der Waals surface area contributed by atoms with Gasteiger partial charge in [0.2, 0.25) is 10.0 Å². The highest BCUT2D eigenvalue weighted by Crippen LogP contribution is 2.12. The van der Waals surface area contributed by atoms with Gasteiger partial charge in [-0.25, -0.2) is 21.9 Å². The zero-order valence-electron chi connectivity index (χ0n) is 12.1. The van der Waals surface area contributed by atoms with Crippen molar-refractivity contribution >= 4 is 10.0 Å². The fraction of sp³-hybridized carbons (Fsp3) is 0.0714. The summed E-state index contributed by atoms with van der Waals surface area (Å²) in [6, 6.07) is 10.1. The van der Waals surface area contributed by atoms with Gasteiger partial charge < -0.3 is 0 Å². The third-order valence-electron chi connectivity index (χ3n) is 3.11. The average molecular weight is 351 g/mol. The first-order valence-electron chi connectivity index (χ1n) is 6.74. The summed E-state index contributed by atoms with van der Waals surface area (Å²) < 4.78 is 54.3. The SMILES string of the molecule is O=S(=O)(NCc1nnnn1-c1cccc(F)c1)c1cccc(F)c1. The smallest absolute Gasteiger partial charge is 0.207 e. The molecule has 0 saturated carbocycles. The Balaban J connectivity index is 1.82. The first-order valence-corrected chi connectivity index (χ1v) is 8.22. The second kappa shape index (κ2) is 6.42. The highest BCUT2D eigenvalue weighted by atomic mass is 32.2. The number of hydrogen-bond donors (Lipinski definition) is 1. The third kappa shape index (κ3) is 3.44. The number of aromatic nitrogens is 4. The molecule has 0 spiro atoms. The van der Waals surface area contributed by atoms with Crippen LogP contribution in [0.2, 0.25) is 0 Å². The molecule has 3 rings (SSSR count). The average Bonchev–Trinajstić information content (AvgIpc) is 3.02. The Labute approximate surface area is 136 Å². The number of nitrogens with zero attached hydrogens (tertiary/aromatic N) is 4. The van der Waals surface area contributed by atoms with E-state index in [2.05, 4.69) is 20.2 Å². The van der Waals surface area contributed by atoms with Crippen LogP contribution in [0.25, 0.3) is 5.69 Å². The Hall–Kier alpha value is -2.72. The van der Waals surface area contributed by atoms with Gasteiger partial charge in [-0.1, -0.05) is 12.1 Å². The summed E-state index contributed by atoms with van der Waals surface area (Å²) >= 11 is 0. The molecular weight excluding hydrogens is 340 g/mol. The summed E-state index contributed by atoms with van der Waals surface area (Å²) in [6.45, 7) is -0.248. The topological polar surface area (TPSA) is 89.8 Å². The second-order valence-electron chi connectivity index (χ2n) is 4.77. The Morgan fingerprint density at radius 1 is 1.04 bits per heavy atom. The molecule has 0 fully saturated rings. The third-order valence-corrected chi connectivity index (χ3v) is 4.51. The van der Waals surface area contributed by atoms with Crippen LogP contribution in [0.3, 0.4) is 0 Å². The molecule has 10 heteroatoms. The molecule has 2 aromatic carbocycles. The van der Waals surface area contributed by atoms with Gasteiger partial charge in [0.1, 0.15) is 11.6 Å². The first kappa shape index (κ1) is 16.1. The molecule has 0 amide bonds. The molecule has 7 nitrogen and oxygen atoms in total. The highest BCUT2D eigenvalue weighted by molar-refractivity contribution is 7.89. The Morgan fingerprint density at radius 3 is 2.46 bits per heavy atom. The molecule has 0 aliphatic heterocycles. The van der Waals surface area contributed by atoms with E-state index >= 15 is 0 Å². The van der Waals surface area contributed by atoms with E-state index in [1.54, 1.807) is 6.07 Å². The number of hydrogen-bond acceptors (Lipinski definition) is 5. The van der Waals surface area contributed by atoms with Crippen LogP contribution in [0.5, 0.6) is 0 Å². The number of halogens is 2. The number of benzene rings is 2. The predicted octanol–water partition coefficient (Wildman–Crippen LogP) is 1.42. The highest BCUT2D eigenvalue weighted by Gasteiger charge is 2.17. The summed E-state index contributed by atoms with van der Waals surface area (Å²) in [5.41, 5.74) is 0.347. The molecule has 24 heavy (non-hydrogen) atoms. The molecule has 124 valence electrons. The van der Waals surface area contributed by atoms with E-state index in [1.807, 2.05) is 0 Å². The maximum atomic E-state index is 13.3. The molecule has 1 heterocycles. The van der Waals surface area contributed by atoms with Gasteiger partial charge in [-0.15, -0.1) is 5.10 Å². The number of rotatable bonds is 5. The van der Waals surface area contributed by atoms with Crippen LogP contribution >= 0.6 is 0 Å². The molecule has 0 atom stereocenters. The van der Waals surface area contributed by atoms with Crippen molar-refractivity contribution in [2.75, 3.05) is 0 Å². The van der Waals surface area contributed by atoms with E-state index in [1.165, 1.54) is 35.0 Å². The van der Waals surface area contributed by atoms with Crippen molar-refractivity contribution in [1.82, 2.24) is 24.9 Å². The molecule has 0 bridgehead atoms.